The van der Waals surface area contributed by atoms with Crippen molar-refractivity contribution in [2.75, 3.05) is 20.4 Å². The zero-order valence-corrected chi connectivity index (χ0v) is 10.4. The summed E-state index contributed by atoms with van der Waals surface area (Å²) < 4.78 is 0. The van der Waals surface area contributed by atoms with Crippen molar-refractivity contribution < 1.29 is 0 Å². The van der Waals surface area contributed by atoms with E-state index < -0.39 is 0 Å². The van der Waals surface area contributed by atoms with E-state index in [-0.39, 0.29) is 24.0 Å². The van der Waals surface area contributed by atoms with Crippen LogP contribution in [0.15, 0.2) is 4.99 Å². The summed E-state index contributed by atoms with van der Waals surface area (Å²) in [6, 6.07) is 0. The molecule has 0 spiro atoms. The van der Waals surface area contributed by atoms with E-state index in [2.05, 4.69) is 4.99 Å². The van der Waals surface area contributed by atoms with E-state index in [0.29, 0.717) is 5.17 Å². The minimum Gasteiger partial charge on any atom is -0.366 e. The number of hydrogen-bond donors (Lipinski definition) is 1. The molecule has 0 saturated heterocycles. The Hall–Kier alpha value is 0.220. The van der Waals surface area contributed by atoms with Crippen molar-refractivity contribution in [3.63, 3.8) is 0 Å². The minimum absolute atomic E-state index is 0. The number of amidine groups is 2. The second-order valence-corrected chi connectivity index (χ2v) is 2.86. The van der Waals surface area contributed by atoms with Gasteiger partial charge in [0.15, 0.2) is 5.17 Å². The number of rotatable bonds is 0. The molecule has 11 heavy (non-hydrogen) atoms. The third-order valence-corrected chi connectivity index (χ3v) is 1.58. The van der Waals surface area contributed by atoms with E-state index in [4.69, 9.17) is 5.41 Å². The van der Waals surface area contributed by atoms with Gasteiger partial charge < -0.3 is 4.90 Å². The van der Waals surface area contributed by atoms with Gasteiger partial charge in [0.05, 0.1) is 0 Å². The summed E-state index contributed by atoms with van der Waals surface area (Å²) in [5, 5.41) is 7.56. The SMILES string of the molecule is CSC(=N)/N=C(\C)N(C)C.I. The van der Waals surface area contributed by atoms with Gasteiger partial charge in [-0.2, -0.15) is 0 Å². The third-order valence-electron chi connectivity index (χ3n) is 1.10. The molecule has 5 heteroatoms. The van der Waals surface area contributed by atoms with Gasteiger partial charge in [0.2, 0.25) is 0 Å². The Balaban J connectivity index is 0. The summed E-state index contributed by atoms with van der Waals surface area (Å²) in [6.45, 7) is 1.88. The van der Waals surface area contributed by atoms with E-state index in [1.54, 1.807) is 0 Å². The Morgan fingerprint density at radius 1 is 1.45 bits per heavy atom. The highest BCUT2D eigenvalue weighted by Gasteiger charge is 1.94. The molecular formula is C6H14IN3S. The molecule has 0 fully saturated rings. The average molecular weight is 287 g/mol. The zero-order valence-electron chi connectivity index (χ0n) is 7.21. The topological polar surface area (TPSA) is 39.5 Å². The molecule has 0 aliphatic heterocycles. The lowest BCUT2D eigenvalue weighted by Gasteiger charge is -2.10. The van der Waals surface area contributed by atoms with Crippen molar-refractivity contribution in [3.8, 4) is 0 Å². The minimum atomic E-state index is 0. The van der Waals surface area contributed by atoms with Crippen LogP contribution in [0.5, 0.6) is 0 Å². The second-order valence-electron chi connectivity index (χ2n) is 2.06. The molecule has 0 saturated carbocycles. The Morgan fingerprint density at radius 3 is 2.18 bits per heavy atom. The largest absolute Gasteiger partial charge is 0.366 e. The molecule has 0 aromatic carbocycles. The first-order valence-corrected chi connectivity index (χ1v) is 4.15. The van der Waals surface area contributed by atoms with Crippen molar-refractivity contribution in [1.82, 2.24) is 4.90 Å². The van der Waals surface area contributed by atoms with Gasteiger partial charge in [0, 0.05) is 14.1 Å². The highest BCUT2D eigenvalue weighted by molar-refractivity contribution is 14.0. The molecule has 66 valence electrons. The van der Waals surface area contributed by atoms with Crippen LogP contribution >= 0.6 is 35.7 Å². The van der Waals surface area contributed by atoms with Crippen LogP contribution in [0.2, 0.25) is 0 Å². The van der Waals surface area contributed by atoms with Gasteiger partial charge in [-0.25, -0.2) is 4.99 Å². The first-order chi connectivity index (χ1) is 4.57. The van der Waals surface area contributed by atoms with Crippen molar-refractivity contribution in [2.24, 2.45) is 4.99 Å². The lowest BCUT2D eigenvalue weighted by atomic mass is 10.6. The Morgan fingerprint density at radius 2 is 1.91 bits per heavy atom. The van der Waals surface area contributed by atoms with E-state index in [1.807, 2.05) is 32.2 Å². The monoisotopic (exact) mass is 287 g/mol. The number of hydrogen-bond acceptors (Lipinski definition) is 2. The van der Waals surface area contributed by atoms with Crippen LogP contribution in [0.1, 0.15) is 6.92 Å². The molecule has 0 amide bonds. The van der Waals surface area contributed by atoms with Gasteiger partial charge in [0.1, 0.15) is 5.84 Å². The summed E-state index contributed by atoms with van der Waals surface area (Å²) in [7, 11) is 3.82. The van der Waals surface area contributed by atoms with E-state index in [0.717, 1.165) is 5.84 Å². The van der Waals surface area contributed by atoms with Gasteiger partial charge in [-0.1, -0.05) is 11.8 Å². The van der Waals surface area contributed by atoms with Crippen LogP contribution in [0.3, 0.4) is 0 Å². The smallest absolute Gasteiger partial charge is 0.181 e. The number of halogens is 1. The molecule has 0 aromatic rings. The van der Waals surface area contributed by atoms with Gasteiger partial charge in [-0.15, -0.1) is 24.0 Å². The van der Waals surface area contributed by atoms with Gasteiger partial charge in [-0.05, 0) is 13.2 Å². The lowest BCUT2D eigenvalue weighted by molar-refractivity contribution is 0.620. The Labute approximate surface area is 89.2 Å². The van der Waals surface area contributed by atoms with Crippen LogP contribution in [-0.4, -0.2) is 36.3 Å². The molecule has 1 N–H and O–H groups in total. The molecule has 3 nitrogen and oxygen atoms in total. The number of aliphatic imine (C=N–C) groups is 1. The molecule has 0 aliphatic carbocycles. The van der Waals surface area contributed by atoms with E-state index in [1.165, 1.54) is 11.8 Å². The highest BCUT2D eigenvalue weighted by atomic mass is 127. The number of thioether (sulfide) groups is 1. The highest BCUT2D eigenvalue weighted by Crippen LogP contribution is 1.97. The van der Waals surface area contributed by atoms with E-state index in [9.17, 15) is 0 Å². The first kappa shape index (κ1) is 13.8. The number of nitrogens with one attached hydrogen (secondary N) is 1. The van der Waals surface area contributed by atoms with Crippen LogP contribution < -0.4 is 0 Å². The maximum Gasteiger partial charge on any atom is 0.181 e. The molecule has 0 aliphatic rings. The maximum atomic E-state index is 7.21. The first-order valence-electron chi connectivity index (χ1n) is 2.93. The van der Waals surface area contributed by atoms with Crippen molar-refractivity contribution >= 4 is 46.7 Å². The average Bonchev–Trinajstić information content (AvgIpc) is 1.87. The normalized spacial score (nSPS) is 10.4. The molecule has 0 radical (unpaired) electrons. The molecular weight excluding hydrogens is 273 g/mol. The van der Waals surface area contributed by atoms with Crippen LogP contribution in [0.25, 0.3) is 0 Å². The molecule has 0 unspecified atom stereocenters. The van der Waals surface area contributed by atoms with E-state index >= 15 is 0 Å². The summed E-state index contributed by atoms with van der Waals surface area (Å²) in [6.07, 6.45) is 1.84. The number of nitrogens with zero attached hydrogens (tertiary/aromatic N) is 2. The van der Waals surface area contributed by atoms with Crippen LogP contribution in [0, 0.1) is 5.41 Å². The van der Waals surface area contributed by atoms with Crippen molar-refractivity contribution in [3.05, 3.63) is 0 Å². The van der Waals surface area contributed by atoms with Gasteiger partial charge >= 0.3 is 0 Å². The fraction of sp³-hybridized carbons (Fsp3) is 0.667. The molecule has 0 bridgehead atoms. The van der Waals surface area contributed by atoms with Crippen molar-refractivity contribution in [1.29, 1.82) is 5.41 Å². The molecule has 0 rings (SSSR count). The fourth-order valence-electron chi connectivity index (χ4n) is 0.293. The van der Waals surface area contributed by atoms with Crippen LogP contribution in [0.4, 0.5) is 0 Å². The van der Waals surface area contributed by atoms with Gasteiger partial charge in [-0.3, -0.25) is 5.41 Å². The second kappa shape index (κ2) is 6.90. The Kier molecular flexibility index (Phi) is 8.65. The summed E-state index contributed by atoms with van der Waals surface area (Å²) in [5.74, 6) is 0.861. The van der Waals surface area contributed by atoms with Crippen LogP contribution in [-0.2, 0) is 0 Å². The van der Waals surface area contributed by atoms with Gasteiger partial charge in [0.25, 0.3) is 0 Å². The predicted octanol–water partition coefficient (Wildman–Crippen LogP) is 1.88. The lowest BCUT2D eigenvalue weighted by Crippen LogP contribution is -2.19. The molecule has 0 aromatic heterocycles. The standard InChI is InChI=1S/C6H13N3S.HI/c1-5(9(2)3)8-6(7)10-4;/h7H,1-4H3;1H/b7-6?,8-5+;. The van der Waals surface area contributed by atoms with Crippen molar-refractivity contribution in [2.45, 2.75) is 6.92 Å². The fourth-order valence-corrected chi connectivity index (χ4v) is 0.516. The Bertz CT molecular complexity index is 156. The third kappa shape index (κ3) is 6.61. The zero-order chi connectivity index (χ0) is 8.15. The predicted molar refractivity (Wildman–Crippen MR) is 63.5 cm³/mol. The molecule has 0 atom stereocenters. The quantitative estimate of drug-likeness (QED) is 0.420. The summed E-state index contributed by atoms with van der Waals surface area (Å²) in [5.41, 5.74) is 0. The maximum absolute atomic E-state index is 7.21. The summed E-state index contributed by atoms with van der Waals surface area (Å²) in [4.78, 5) is 5.86. The molecule has 0 heterocycles. The summed E-state index contributed by atoms with van der Waals surface area (Å²) >= 11 is 1.34.